The van der Waals surface area contributed by atoms with E-state index in [0.717, 1.165) is 12.0 Å². The van der Waals surface area contributed by atoms with Crippen LogP contribution in [0.2, 0.25) is 0 Å². The molecule has 0 saturated heterocycles. The number of likely N-dealkylation sites (N-methyl/N-ethyl adjacent to an activating group) is 1. The normalized spacial score (nSPS) is 10.4. The third kappa shape index (κ3) is 3.06. The highest BCUT2D eigenvalue weighted by atomic mass is 16.2. The van der Waals surface area contributed by atoms with E-state index in [9.17, 15) is 4.79 Å². The Balaban J connectivity index is 2.01. The molecular formula is C12H16N6O. The van der Waals surface area contributed by atoms with Crippen LogP contribution in [-0.4, -0.2) is 44.3 Å². The van der Waals surface area contributed by atoms with E-state index in [2.05, 4.69) is 20.4 Å². The van der Waals surface area contributed by atoms with E-state index < -0.39 is 0 Å². The number of H-pyrrole nitrogens is 1. The largest absolute Gasteiger partial charge is 0.380 e. The predicted molar refractivity (Wildman–Crippen MR) is 70.3 cm³/mol. The average Bonchev–Trinajstić information content (AvgIpc) is 2.86. The number of hydrogen-bond donors (Lipinski definition) is 2. The topological polar surface area (TPSA) is 101 Å². The van der Waals surface area contributed by atoms with Crippen molar-refractivity contribution >= 4 is 11.7 Å². The molecule has 0 aromatic carbocycles. The Morgan fingerprint density at radius 3 is 2.68 bits per heavy atom. The highest BCUT2D eigenvalue weighted by Gasteiger charge is 2.19. The van der Waals surface area contributed by atoms with Crippen molar-refractivity contribution in [3.8, 4) is 0 Å². The first kappa shape index (κ1) is 13.0. The zero-order valence-corrected chi connectivity index (χ0v) is 10.7. The summed E-state index contributed by atoms with van der Waals surface area (Å²) in [7, 11) is 0. The molecule has 0 aliphatic rings. The summed E-state index contributed by atoms with van der Waals surface area (Å²) in [5, 5.41) is 9.79. The molecule has 2 aromatic heterocycles. The summed E-state index contributed by atoms with van der Waals surface area (Å²) in [5.41, 5.74) is 6.89. The molecule has 100 valence electrons. The lowest BCUT2D eigenvalue weighted by molar-refractivity contribution is 0.0761. The molecule has 19 heavy (non-hydrogen) atoms. The highest BCUT2D eigenvalue weighted by molar-refractivity contribution is 5.96. The molecule has 2 heterocycles. The number of rotatable bonds is 5. The van der Waals surface area contributed by atoms with E-state index in [4.69, 9.17) is 5.73 Å². The maximum absolute atomic E-state index is 12.2. The van der Waals surface area contributed by atoms with Crippen molar-refractivity contribution in [3.63, 3.8) is 0 Å². The molecule has 0 bridgehead atoms. The summed E-state index contributed by atoms with van der Waals surface area (Å²) in [4.78, 5) is 17.8. The number of carbonyl (C=O) groups is 1. The summed E-state index contributed by atoms with van der Waals surface area (Å²) in [6, 6.07) is 3.87. The second-order valence-electron chi connectivity index (χ2n) is 4.05. The van der Waals surface area contributed by atoms with Crippen LogP contribution < -0.4 is 5.73 Å². The number of nitrogens with one attached hydrogen (secondary N) is 1. The van der Waals surface area contributed by atoms with Crippen LogP contribution in [0.3, 0.4) is 0 Å². The van der Waals surface area contributed by atoms with E-state index in [1.165, 1.54) is 0 Å². The van der Waals surface area contributed by atoms with Gasteiger partial charge in [-0.25, -0.2) is 0 Å². The van der Waals surface area contributed by atoms with Gasteiger partial charge in [-0.2, -0.15) is 5.21 Å². The maximum atomic E-state index is 12.2. The SMILES string of the molecule is CCN(CCc1ccncc1)C(=O)c1n[nH]nc1N. The summed E-state index contributed by atoms with van der Waals surface area (Å²) in [6.07, 6.45) is 4.24. The summed E-state index contributed by atoms with van der Waals surface area (Å²) in [5.74, 6) is -0.0739. The molecule has 0 aliphatic heterocycles. The highest BCUT2D eigenvalue weighted by Crippen LogP contribution is 2.08. The summed E-state index contributed by atoms with van der Waals surface area (Å²) < 4.78 is 0. The minimum atomic E-state index is -0.206. The second kappa shape index (κ2) is 5.94. The number of aromatic amines is 1. The predicted octanol–water partition coefficient (Wildman–Crippen LogP) is 0.487. The molecule has 0 radical (unpaired) electrons. The van der Waals surface area contributed by atoms with Gasteiger partial charge in [0.25, 0.3) is 5.91 Å². The number of nitrogens with two attached hydrogens (primary N) is 1. The smallest absolute Gasteiger partial charge is 0.278 e. The van der Waals surface area contributed by atoms with Crippen molar-refractivity contribution in [1.82, 2.24) is 25.3 Å². The standard InChI is InChI=1S/C12H16N6O/c1-2-18(8-5-9-3-6-14-7-4-9)12(19)10-11(13)16-17-15-10/h3-4,6-7H,2,5,8H2,1H3,(H3,13,15,16,17). The lowest BCUT2D eigenvalue weighted by atomic mass is 10.2. The van der Waals surface area contributed by atoms with Crippen LogP contribution >= 0.6 is 0 Å². The van der Waals surface area contributed by atoms with Gasteiger partial charge < -0.3 is 10.6 Å². The Hall–Kier alpha value is -2.44. The van der Waals surface area contributed by atoms with Crippen molar-refractivity contribution in [2.45, 2.75) is 13.3 Å². The number of amides is 1. The van der Waals surface area contributed by atoms with Crippen molar-refractivity contribution in [2.24, 2.45) is 0 Å². The van der Waals surface area contributed by atoms with Gasteiger partial charge in [0, 0.05) is 25.5 Å². The molecule has 3 N–H and O–H groups in total. The van der Waals surface area contributed by atoms with Crippen LogP contribution in [0.1, 0.15) is 23.0 Å². The first-order valence-electron chi connectivity index (χ1n) is 6.06. The van der Waals surface area contributed by atoms with Crippen LogP contribution in [0, 0.1) is 0 Å². The van der Waals surface area contributed by atoms with E-state index in [1.807, 2.05) is 19.1 Å². The molecule has 1 amide bonds. The van der Waals surface area contributed by atoms with Crippen molar-refractivity contribution in [2.75, 3.05) is 18.8 Å². The monoisotopic (exact) mass is 260 g/mol. The van der Waals surface area contributed by atoms with E-state index in [0.29, 0.717) is 13.1 Å². The van der Waals surface area contributed by atoms with Gasteiger partial charge in [0.1, 0.15) is 0 Å². The third-order valence-corrected chi connectivity index (χ3v) is 2.87. The quantitative estimate of drug-likeness (QED) is 0.814. The average molecular weight is 260 g/mol. The Bertz CT molecular complexity index is 538. The molecule has 0 spiro atoms. The van der Waals surface area contributed by atoms with Gasteiger partial charge in [0.2, 0.25) is 0 Å². The molecule has 7 nitrogen and oxygen atoms in total. The fourth-order valence-electron chi connectivity index (χ4n) is 1.76. The van der Waals surface area contributed by atoms with Gasteiger partial charge in [-0.15, -0.1) is 10.2 Å². The van der Waals surface area contributed by atoms with Crippen molar-refractivity contribution in [3.05, 3.63) is 35.8 Å². The van der Waals surface area contributed by atoms with Crippen LogP contribution in [0.25, 0.3) is 0 Å². The van der Waals surface area contributed by atoms with Gasteiger partial charge in [-0.3, -0.25) is 9.78 Å². The van der Waals surface area contributed by atoms with Crippen LogP contribution in [0.5, 0.6) is 0 Å². The maximum Gasteiger partial charge on any atom is 0.278 e. The lowest BCUT2D eigenvalue weighted by Gasteiger charge is -2.19. The lowest BCUT2D eigenvalue weighted by Crippen LogP contribution is -2.33. The number of carbonyl (C=O) groups excluding carboxylic acids is 1. The van der Waals surface area contributed by atoms with Crippen molar-refractivity contribution < 1.29 is 4.79 Å². The van der Waals surface area contributed by atoms with Gasteiger partial charge in [0.15, 0.2) is 11.5 Å². The van der Waals surface area contributed by atoms with Crippen LogP contribution in [0.4, 0.5) is 5.82 Å². The molecule has 0 unspecified atom stereocenters. The molecular weight excluding hydrogens is 244 g/mol. The Kier molecular flexibility index (Phi) is 4.07. The van der Waals surface area contributed by atoms with E-state index in [-0.39, 0.29) is 17.4 Å². The number of nitrogens with zero attached hydrogens (tertiary/aromatic N) is 4. The minimum Gasteiger partial charge on any atom is -0.380 e. The van der Waals surface area contributed by atoms with Crippen LogP contribution in [0.15, 0.2) is 24.5 Å². The fourth-order valence-corrected chi connectivity index (χ4v) is 1.76. The first-order valence-corrected chi connectivity index (χ1v) is 6.06. The number of hydrogen-bond acceptors (Lipinski definition) is 5. The summed E-state index contributed by atoms with van der Waals surface area (Å²) >= 11 is 0. The molecule has 0 saturated carbocycles. The fraction of sp³-hybridized carbons (Fsp3) is 0.333. The zero-order valence-electron chi connectivity index (χ0n) is 10.7. The van der Waals surface area contributed by atoms with Gasteiger partial charge in [0.05, 0.1) is 0 Å². The number of anilines is 1. The van der Waals surface area contributed by atoms with Crippen LogP contribution in [-0.2, 0) is 6.42 Å². The van der Waals surface area contributed by atoms with Gasteiger partial charge in [-0.1, -0.05) is 0 Å². The Labute approximate surface area is 110 Å². The molecule has 2 rings (SSSR count). The summed E-state index contributed by atoms with van der Waals surface area (Å²) in [6.45, 7) is 3.11. The first-order chi connectivity index (χ1) is 9.22. The van der Waals surface area contributed by atoms with E-state index in [1.54, 1.807) is 17.3 Å². The zero-order chi connectivity index (χ0) is 13.7. The number of aromatic nitrogens is 4. The van der Waals surface area contributed by atoms with Gasteiger partial charge in [-0.05, 0) is 31.0 Å². The third-order valence-electron chi connectivity index (χ3n) is 2.87. The molecule has 0 atom stereocenters. The molecule has 0 aliphatic carbocycles. The van der Waals surface area contributed by atoms with Crippen molar-refractivity contribution in [1.29, 1.82) is 0 Å². The van der Waals surface area contributed by atoms with E-state index >= 15 is 0 Å². The molecule has 0 fully saturated rings. The minimum absolute atomic E-state index is 0.132. The van der Waals surface area contributed by atoms with Gasteiger partial charge >= 0.3 is 0 Å². The second-order valence-corrected chi connectivity index (χ2v) is 4.05. The molecule has 2 aromatic rings. The molecule has 7 heteroatoms. The number of pyridine rings is 1. The Morgan fingerprint density at radius 2 is 2.11 bits per heavy atom. The Morgan fingerprint density at radius 1 is 1.37 bits per heavy atom. The number of nitrogen functional groups attached to an aromatic ring is 1.